The van der Waals surface area contributed by atoms with Gasteiger partial charge in [-0.05, 0) is 43.9 Å². The Bertz CT molecular complexity index is 1090. The molecular formula is C21H22ClN5O3. The Labute approximate surface area is 178 Å². The second-order valence-electron chi connectivity index (χ2n) is 7.83. The van der Waals surface area contributed by atoms with Gasteiger partial charge in [-0.25, -0.2) is 9.97 Å². The molecule has 8 nitrogen and oxygen atoms in total. The Balaban J connectivity index is 1.22. The minimum atomic E-state index is -0.0231. The van der Waals surface area contributed by atoms with E-state index in [1.54, 1.807) is 18.3 Å². The first kappa shape index (κ1) is 19.1. The van der Waals surface area contributed by atoms with Crippen LogP contribution < -0.4 is 9.64 Å². The van der Waals surface area contributed by atoms with Crippen molar-refractivity contribution in [1.29, 1.82) is 0 Å². The maximum atomic E-state index is 12.9. The van der Waals surface area contributed by atoms with E-state index >= 15 is 0 Å². The molecule has 0 radical (unpaired) electrons. The molecule has 4 heterocycles. The number of carbonyl (C=O) groups excluding carboxylic acids is 1. The molecule has 30 heavy (non-hydrogen) atoms. The average molecular weight is 428 g/mol. The number of fused-ring (bicyclic) bond motifs is 1. The van der Waals surface area contributed by atoms with Crippen molar-refractivity contribution < 1.29 is 13.9 Å². The lowest BCUT2D eigenvalue weighted by Gasteiger charge is -2.33. The molecule has 0 unspecified atom stereocenters. The molecule has 0 spiro atoms. The number of anilines is 1. The fourth-order valence-corrected chi connectivity index (χ4v) is 3.66. The SMILES string of the molecule is Cc1cc(C(=O)N2CCN(c3nc4nc(Cl)ccc4o3)CC2)cnc1OCC1CC1. The van der Waals surface area contributed by atoms with E-state index in [4.69, 9.17) is 20.8 Å². The molecule has 0 N–H and O–H groups in total. The van der Waals surface area contributed by atoms with E-state index in [-0.39, 0.29) is 5.91 Å². The second kappa shape index (κ2) is 7.75. The highest BCUT2D eigenvalue weighted by atomic mass is 35.5. The normalized spacial score (nSPS) is 16.9. The van der Waals surface area contributed by atoms with Gasteiger partial charge in [-0.2, -0.15) is 4.98 Å². The molecule has 2 aliphatic rings. The molecule has 1 amide bonds. The largest absolute Gasteiger partial charge is 0.477 e. The van der Waals surface area contributed by atoms with Gasteiger partial charge in [-0.3, -0.25) is 4.79 Å². The predicted molar refractivity (Wildman–Crippen MR) is 112 cm³/mol. The molecule has 3 aromatic rings. The number of piperazine rings is 1. The van der Waals surface area contributed by atoms with Crippen LogP contribution in [0.15, 0.2) is 28.8 Å². The highest BCUT2D eigenvalue weighted by molar-refractivity contribution is 6.29. The first-order valence-electron chi connectivity index (χ1n) is 10.1. The lowest BCUT2D eigenvalue weighted by atomic mass is 10.1. The summed E-state index contributed by atoms with van der Waals surface area (Å²) < 4.78 is 11.5. The number of hydrogen-bond acceptors (Lipinski definition) is 7. The van der Waals surface area contributed by atoms with Gasteiger partial charge in [0.15, 0.2) is 5.58 Å². The molecule has 5 rings (SSSR count). The van der Waals surface area contributed by atoms with Crippen molar-refractivity contribution in [2.45, 2.75) is 19.8 Å². The molecule has 1 saturated carbocycles. The highest BCUT2D eigenvalue weighted by Crippen LogP contribution is 2.30. The Morgan fingerprint density at radius 1 is 1.23 bits per heavy atom. The fraction of sp³-hybridized carbons (Fsp3) is 0.429. The zero-order valence-corrected chi connectivity index (χ0v) is 17.4. The minimum Gasteiger partial charge on any atom is -0.477 e. The summed E-state index contributed by atoms with van der Waals surface area (Å²) in [7, 11) is 0. The van der Waals surface area contributed by atoms with Gasteiger partial charge >= 0.3 is 0 Å². The smallest absolute Gasteiger partial charge is 0.300 e. The van der Waals surface area contributed by atoms with E-state index in [0.717, 1.165) is 5.56 Å². The topological polar surface area (TPSA) is 84.6 Å². The van der Waals surface area contributed by atoms with Crippen LogP contribution in [0.4, 0.5) is 6.01 Å². The van der Waals surface area contributed by atoms with Crippen LogP contribution in [0.2, 0.25) is 5.15 Å². The summed E-state index contributed by atoms with van der Waals surface area (Å²) in [6.07, 6.45) is 4.07. The fourth-order valence-electron chi connectivity index (χ4n) is 3.51. The van der Waals surface area contributed by atoms with Crippen molar-refractivity contribution in [3.05, 3.63) is 40.7 Å². The molecule has 1 saturated heterocycles. The molecule has 3 aromatic heterocycles. The van der Waals surface area contributed by atoms with Crippen LogP contribution in [-0.4, -0.2) is 58.5 Å². The van der Waals surface area contributed by atoms with E-state index in [2.05, 4.69) is 15.0 Å². The Hall–Kier alpha value is -2.87. The van der Waals surface area contributed by atoms with E-state index < -0.39 is 0 Å². The van der Waals surface area contributed by atoms with Crippen LogP contribution in [0.5, 0.6) is 5.88 Å². The minimum absolute atomic E-state index is 0.0231. The van der Waals surface area contributed by atoms with Crippen molar-refractivity contribution in [2.24, 2.45) is 5.92 Å². The predicted octanol–water partition coefficient (Wildman–Crippen LogP) is 3.33. The molecule has 2 fully saturated rings. The van der Waals surface area contributed by atoms with Crippen LogP contribution in [0, 0.1) is 12.8 Å². The summed E-state index contributed by atoms with van der Waals surface area (Å²) in [6, 6.07) is 5.80. The molecule has 0 bridgehead atoms. The van der Waals surface area contributed by atoms with Crippen LogP contribution >= 0.6 is 11.6 Å². The summed E-state index contributed by atoms with van der Waals surface area (Å²) in [5.41, 5.74) is 2.55. The van der Waals surface area contributed by atoms with E-state index in [9.17, 15) is 4.79 Å². The number of oxazole rings is 1. The van der Waals surface area contributed by atoms with Gasteiger partial charge in [0, 0.05) is 37.9 Å². The Morgan fingerprint density at radius 2 is 2.03 bits per heavy atom. The third kappa shape index (κ3) is 3.92. The molecule has 1 aliphatic heterocycles. The summed E-state index contributed by atoms with van der Waals surface area (Å²) in [5, 5.41) is 0.380. The van der Waals surface area contributed by atoms with Crippen molar-refractivity contribution in [3.8, 4) is 5.88 Å². The molecule has 0 atom stereocenters. The zero-order valence-electron chi connectivity index (χ0n) is 16.7. The summed E-state index contributed by atoms with van der Waals surface area (Å²) in [4.78, 5) is 29.7. The molecule has 0 aromatic carbocycles. The second-order valence-corrected chi connectivity index (χ2v) is 8.22. The number of halogens is 1. The summed E-state index contributed by atoms with van der Waals surface area (Å²) in [5.74, 6) is 1.26. The number of aromatic nitrogens is 3. The third-order valence-electron chi connectivity index (χ3n) is 5.48. The molecule has 156 valence electrons. The summed E-state index contributed by atoms with van der Waals surface area (Å²) >= 11 is 5.92. The first-order chi connectivity index (χ1) is 14.6. The molecular weight excluding hydrogens is 406 g/mol. The van der Waals surface area contributed by atoms with Crippen LogP contribution in [0.25, 0.3) is 11.2 Å². The van der Waals surface area contributed by atoms with Gasteiger partial charge in [-0.1, -0.05) is 11.6 Å². The Kier molecular flexibility index (Phi) is 4.94. The number of ether oxygens (including phenoxy) is 1. The Morgan fingerprint density at radius 3 is 2.77 bits per heavy atom. The number of hydrogen-bond donors (Lipinski definition) is 0. The first-order valence-corrected chi connectivity index (χ1v) is 10.5. The van der Waals surface area contributed by atoms with Crippen molar-refractivity contribution in [2.75, 3.05) is 37.7 Å². The van der Waals surface area contributed by atoms with Gasteiger partial charge in [0.2, 0.25) is 11.5 Å². The van der Waals surface area contributed by atoms with E-state index in [1.165, 1.54) is 12.8 Å². The molecule has 1 aliphatic carbocycles. The van der Waals surface area contributed by atoms with Crippen LogP contribution in [-0.2, 0) is 0 Å². The third-order valence-corrected chi connectivity index (χ3v) is 5.69. The maximum Gasteiger partial charge on any atom is 0.300 e. The number of nitrogens with zero attached hydrogens (tertiary/aromatic N) is 5. The number of amides is 1. The van der Waals surface area contributed by atoms with Gasteiger partial charge in [0.05, 0.1) is 12.2 Å². The molecule has 9 heteroatoms. The number of pyridine rings is 2. The number of rotatable bonds is 5. The average Bonchev–Trinajstić information content (AvgIpc) is 3.49. The number of aryl methyl sites for hydroxylation is 1. The standard InChI is InChI=1S/C21H22ClN5O3/c1-13-10-15(11-23-19(13)29-12-14-2-3-14)20(28)26-6-8-27(9-7-26)21-25-18-16(30-21)4-5-17(22)24-18/h4-5,10-11,14H,2-3,6-9,12H2,1H3. The van der Waals surface area contributed by atoms with Crippen LogP contribution in [0.3, 0.4) is 0 Å². The number of carbonyl (C=O) groups is 1. The van der Waals surface area contributed by atoms with Crippen molar-refractivity contribution in [3.63, 3.8) is 0 Å². The van der Waals surface area contributed by atoms with Gasteiger partial charge in [-0.15, -0.1) is 0 Å². The lowest BCUT2D eigenvalue weighted by molar-refractivity contribution is 0.0744. The van der Waals surface area contributed by atoms with Gasteiger partial charge < -0.3 is 19.0 Å². The maximum absolute atomic E-state index is 12.9. The highest BCUT2D eigenvalue weighted by Gasteiger charge is 2.26. The van der Waals surface area contributed by atoms with Gasteiger partial charge in [0.1, 0.15) is 5.15 Å². The van der Waals surface area contributed by atoms with Gasteiger partial charge in [0.25, 0.3) is 11.9 Å². The lowest BCUT2D eigenvalue weighted by Crippen LogP contribution is -2.49. The van der Waals surface area contributed by atoms with Crippen molar-refractivity contribution >= 4 is 34.8 Å². The van der Waals surface area contributed by atoms with Crippen molar-refractivity contribution in [1.82, 2.24) is 19.9 Å². The van der Waals surface area contributed by atoms with Crippen LogP contribution in [0.1, 0.15) is 28.8 Å². The summed E-state index contributed by atoms with van der Waals surface area (Å²) in [6.45, 7) is 5.04. The zero-order chi connectivity index (χ0) is 20.7. The quantitative estimate of drug-likeness (QED) is 0.577. The van der Waals surface area contributed by atoms with E-state index in [1.807, 2.05) is 22.8 Å². The monoisotopic (exact) mass is 427 g/mol. The van der Waals surface area contributed by atoms with E-state index in [0.29, 0.717) is 72.5 Å².